The zero-order valence-corrected chi connectivity index (χ0v) is 16.5. The Morgan fingerprint density at radius 1 is 1.10 bits per heavy atom. The Balaban J connectivity index is 1.55. The molecule has 3 aromatic rings. The third kappa shape index (κ3) is 4.00. The number of hydrogen-bond acceptors (Lipinski definition) is 4. The van der Waals surface area contributed by atoms with Crippen LogP contribution in [0, 0.1) is 5.92 Å². The Hall–Kier alpha value is -3.18. The second-order valence-corrected chi connectivity index (χ2v) is 7.44. The molecule has 3 atom stereocenters. The molecule has 1 unspecified atom stereocenters. The first-order chi connectivity index (χ1) is 14.2. The fourth-order valence-electron chi connectivity index (χ4n) is 4.08. The minimum Gasteiger partial charge on any atom is -0.378 e. The summed E-state index contributed by atoms with van der Waals surface area (Å²) in [4.78, 5) is 16.9. The predicted molar refractivity (Wildman–Crippen MR) is 115 cm³/mol. The molecule has 0 aliphatic carbocycles. The molecule has 148 valence electrons. The molecule has 29 heavy (non-hydrogen) atoms. The molecule has 1 aliphatic heterocycles. The highest BCUT2D eigenvalue weighted by molar-refractivity contribution is 5.95. The molecule has 0 radical (unpaired) electrons. The molecule has 0 fully saturated rings. The molecule has 2 heterocycles. The molecule has 0 saturated carbocycles. The third-order valence-electron chi connectivity index (χ3n) is 5.66. The molecule has 4 N–H and O–H groups in total. The largest absolute Gasteiger partial charge is 0.378 e. The lowest BCUT2D eigenvalue weighted by molar-refractivity contribution is 0.0950. The number of fused-ring (bicyclic) bond motifs is 1. The number of benzene rings is 2. The number of aromatic nitrogens is 1. The van der Waals surface area contributed by atoms with E-state index in [4.69, 9.17) is 5.73 Å². The highest BCUT2D eigenvalue weighted by Crippen LogP contribution is 2.43. The van der Waals surface area contributed by atoms with Gasteiger partial charge in [0.1, 0.15) is 0 Å². The van der Waals surface area contributed by atoms with Crippen molar-refractivity contribution in [2.24, 2.45) is 11.7 Å². The van der Waals surface area contributed by atoms with E-state index < -0.39 is 0 Å². The lowest BCUT2D eigenvalue weighted by Crippen LogP contribution is -2.36. The Morgan fingerprint density at radius 3 is 2.62 bits per heavy atom. The third-order valence-corrected chi connectivity index (χ3v) is 5.66. The topological polar surface area (TPSA) is 80.0 Å². The van der Waals surface area contributed by atoms with Gasteiger partial charge in [-0.2, -0.15) is 0 Å². The van der Waals surface area contributed by atoms with Crippen molar-refractivity contribution in [2.75, 3.05) is 5.32 Å². The van der Waals surface area contributed by atoms with E-state index in [1.807, 2.05) is 42.5 Å². The number of carbonyl (C=O) groups is 1. The summed E-state index contributed by atoms with van der Waals surface area (Å²) in [5, 5.41) is 6.58. The SMILES string of the molecule is CC[C@H]1C(c2ccccc2)Nc2ccc(C(=O)NCc3ccccn3)cc2[C@H]1N. The summed E-state index contributed by atoms with van der Waals surface area (Å²) in [6, 6.07) is 21.8. The summed E-state index contributed by atoms with van der Waals surface area (Å²) in [6.45, 7) is 2.56. The Bertz CT molecular complexity index is 975. The molecule has 1 aliphatic rings. The van der Waals surface area contributed by atoms with Gasteiger partial charge in [-0.25, -0.2) is 0 Å². The number of nitrogens with one attached hydrogen (secondary N) is 2. The van der Waals surface area contributed by atoms with Crippen LogP contribution in [0.4, 0.5) is 5.69 Å². The predicted octanol–water partition coefficient (Wildman–Crippen LogP) is 4.20. The van der Waals surface area contributed by atoms with Gasteiger partial charge in [0.05, 0.1) is 18.3 Å². The average molecular weight is 386 g/mol. The Labute approximate surface area is 171 Å². The van der Waals surface area contributed by atoms with Gasteiger partial charge in [0.15, 0.2) is 0 Å². The molecular weight excluding hydrogens is 360 g/mol. The first kappa shape index (κ1) is 19.2. The quantitative estimate of drug-likeness (QED) is 0.614. The first-order valence-corrected chi connectivity index (χ1v) is 10.1. The molecule has 0 saturated heterocycles. The minimum atomic E-state index is -0.134. The lowest BCUT2D eigenvalue weighted by atomic mass is 9.78. The second-order valence-electron chi connectivity index (χ2n) is 7.44. The van der Waals surface area contributed by atoms with Crippen molar-refractivity contribution < 1.29 is 4.79 Å². The van der Waals surface area contributed by atoms with Crippen molar-refractivity contribution in [3.63, 3.8) is 0 Å². The molecular formula is C24H26N4O. The van der Waals surface area contributed by atoms with Crippen LogP contribution in [0.25, 0.3) is 0 Å². The van der Waals surface area contributed by atoms with E-state index >= 15 is 0 Å². The van der Waals surface area contributed by atoms with Gasteiger partial charge in [0.2, 0.25) is 0 Å². The van der Waals surface area contributed by atoms with Gasteiger partial charge in [0, 0.05) is 29.4 Å². The van der Waals surface area contributed by atoms with E-state index in [1.165, 1.54) is 5.56 Å². The van der Waals surface area contributed by atoms with Crippen LogP contribution < -0.4 is 16.4 Å². The zero-order chi connectivity index (χ0) is 20.2. The van der Waals surface area contributed by atoms with Crippen molar-refractivity contribution >= 4 is 11.6 Å². The van der Waals surface area contributed by atoms with Gasteiger partial charge < -0.3 is 16.4 Å². The molecule has 5 heteroatoms. The molecule has 1 amide bonds. The average Bonchev–Trinajstić information content (AvgIpc) is 2.78. The molecule has 1 aromatic heterocycles. The fraction of sp³-hybridized carbons (Fsp3) is 0.250. The van der Waals surface area contributed by atoms with Crippen LogP contribution in [0.1, 0.15) is 52.6 Å². The zero-order valence-electron chi connectivity index (χ0n) is 16.5. The van der Waals surface area contributed by atoms with Crippen molar-refractivity contribution in [1.82, 2.24) is 10.3 Å². The van der Waals surface area contributed by atoms with Gasteiger partial charge >= 0.3 is 0 Å². The standard InChI is InChI=1S/C24H26N4O/c1-2-19-22(25)20-14-17(24(29)27-15-18-10-6-7-13-26-18)11-12-21(20)28-23(19)16-8-4-3-5-9-16/h3-14,19,22-23,28H,2,15,25H2,1H3,(H,27,29)/t19-,22+,23?/m1/s1. The number of pyridine rings is 1. The maximum atomic E-state index is 12.6. The van der Waals surface area contributed by atoms with Gasteiger partial charge in [-0.3, -0.25) is 9.78 Å². The molecule has 0 spiro atoms. The molecule has 4 rings (SSSR count). The maximum Gasteiger partial charge on any atom is 0.251 e. The fourth-order valence-corrected chi connectivity index (χ4v) is 4.08. The monoisotopic (exact) mass is 386 g/mol. The van der Waals surface area contributed by atoms with Crippen molar-refractivity contribution in [3.8, 4) is 0 Å². The van der Waals surface area contributed by atoms with E-state index in [0.29, 0.717) is 12.1 Å². The van der Waals surface area contributed by atoms with Crippen LogP contribution in [0.5, 0.6) is 0 Å². The van der Waals surface area contributed by atoms with Crippen LogP contribution in [-0.2, 0) is 6.54 Å². The van der Waals surface area contributed by atoms with Gasteiger partial charge in [-0.05, 0) is 47.9 Å². The number of carbonyl (C=O) groups excluding carboxylic acids is 1. The van der Waals surface area contributed by atoms with E-state index in [9.17, 15) is 4.79 Å². The first-order valence-electron chi connectivity index (χ1n) is 10.1. The van der Waals surface area contributed by atoms with Crippen LogP contribution >= 0.6 is 0 Å². The van der Waals surface area contributed by atoms with Gasteiger partial charge in [-0.1, -0.05) is 43.3 Å². The van der Waals surface area contributed by atoms with Crippen LogP contribution in [0.15, 0.2) is 72.9 Å². The summed E-state index contributed by atoms with van der Waals surface area (Å²) in [5.41, 5.74) is 11.4. The summed E-state index contributed by atoms with van der Waals surface area (Å²) >= 11 is 0. The second kappa shape index (κ2) is 8.45. The number of anilines is 1. The van der Waals surface area contributed by atoms with Crippen molar-refractivity contribution in [2.45, 2.75) is 32.0 Å². The molecule has 5 nitrogen and oxygen atoms in total. The number of amides is 1. The number of nitrogens with zero attached hydrogens (tertiary/aromatic N) is 1. The highest BCUT2D eigenvalue weighted by Gasteiger charge is 2.34. The maximum absolute atomic E-state index is 12.6. The van der Waals surface area contributed by atoms with Crippen molar-refractivity contribution in [3.05, 3.63) is 95.3 Å². The Morgan fingerprint density at radius 2 is 1.90 bits per heavy atom. The van der Waals surface area contributed by atoms with E-state index in [-0.39, 0.29) is 23.9 Å². The summed E-state index contributed by atoms with van der Waals surface area (Å²) in [5.74, 6) is 0.126. The normalized spacial score (nSPS) is 20.4. The number of hydrogen-bond donors (Lipinski definition) is 3. The van der Waals surface area contributed by atoms with Crippen LogP contribution in [-0.4, -0.2) is 10.9 Å². The number of nitrogens with two attached hydrogens (primary N) is 1. The van der Waals surface area contributed by atoms with Gasteiger partial charge in [-0.15, -0.1) is 0 Å². The van der Waals surface area contributed by atoms with Gasteiger partial charge in [0.25, 0.3) is 5.91 Å². The van der Waals surface area contributed by atoms with Crippen LogP contribution in [0.3, 0.4) is 0 Å². The lowest BCUT2D eigenvalue weighted by Gasteiger charge is -2.39. The summed E-state index contributed by atoms with van der Waals surface area (Å²) in [7, 11) is 0. The summed E-state index contributed by atoms with van der Waals surface area (Å²) < 4.78 is 0. The van der Waals surface area contributed by atoms with Crippen molar-refractivity contribution in [1.29, 1.82) is 0 Å². The smallest absolute Gasteiger partial charge is 0.251 e. The van der Waals surface area contributed by atoms with E-state index in [1.54, 1.807) is 6.20 Å². The van der Waals surface area contributed by atoms with Crippen LogP contribution in [0.2, 0.25) is 0 Å². The highest BCUT2D eigenvalue weighted by atomic mass is 16.1. The van der Waals surface area contributed by atoms with E-state index in [0.717, 1.165) is 23.4 Å². The Kier molecular flexibility index (Phi) is 5.58. The minimum absolute atomic E-state index is 0.121. The summed E-state index contributed by atoms with van der Waals surface area (Å²) in [6.07, 6.45) is 2.67. The number of rotatable bonds is 5. The molecule has 0 bridgehead atoms. The molecule has 2 aromatic carbocycles. The van der Waals surface area contributed by atoms with E-state index in [2.05, 4.69) is 46.8 Å².